The summed E-state index contributed by atoms with van der Waals surface area (Å²) in [4.78, 5) is 0. The van der Waals surface area contributed by atoms with E-state index in [0.717, 1.165) is 19.6 Å². The van der Waals surface area contributed by atoms with Gasteiger partial charge in [0.15, 0.2) is 8.32 Å². The molecule has 0 saturated carbocycles. The summed E-state index contributed by atoms with van der Waals surface area (Å²) in [6.45, 7) is 20.4. The van der Waals surface area contributed by atoms with Crippen molar-refractivity contribution in [3.05, 3.63) is 0 Å². The van der Waals surface area contributed by atoms with E-state index in [9.17, 15) is 0 Å². The molecule has 3 atom stereocenters. The lowest BCUT2D eigenvalue weighted by Crippen LogP contribution is -2.42. The molecule has 0 spiro atoms. The molecule has 0 amide bonds. The zero-order valence-electron chi connectivity index (χ0n) is 16.8. The van der Waals surface area contributed by atoms with Gasteiger partial charge in [0.25, 0.3) is 0 Å². The number of nitrogens with one attached hydrogen (secondary N) is 1. The molecule has 1 N–H and O–H groups in total. The van der Waals surface area contributed by atoms with Gasteiger partial charge in [0.2, 0.25) is 0 Å². The van der Waals surface area contributed by atoms with Crippen molar-refractivity contribution >= 4 is 8.32 Å². The number of rotatable bonds is 6. The SMILES string of the molecule is CCCCC#C[C@@H]1[C@H](CO[Si](C)(C)C(C)(C)C)CN[C@H]1C(C)C. The fourth-order valence-electron chi connectivity index (χ4n) is 2.84. The van der Waals surface area contributed by atoms with Gasteiger partial charge >= 0.3 is 0 Å². The predicted octanol–water partition coefficient (Wildman–Crippen LogP) is 5.06. The second kappa shape index (κ2) is 8.69. The van der Waals surface area contributed by atoms with Crippen molar-refractivity contribution < 1.29 is 4.43 Å². The lowest BCUT2D eigenvalue weighted by Gasteiger charge is -2.37. The van der Waals surface area contributed by atoms with Crippen molar-refractivity contribution in [2.24, 2.45) is 17.8 Å². The Morgan fingerprint density at radius 2 is 1.91 bits per heavy atom. The second-order valence-corrected chi connectivity index (χ2v) is 13.8. The average Bonchev–Trinajstić information content (AvgIpc) is 2.83. The molecule has 1 saturated heterocycles. The highest BCUT2D eigenvalue weighted by molar-refractivity contribution is 6.74. The Morgan fingerprint density at radius 3 is 2.43 bits per heavy atom. The summed E-state index contributed by atoms with van der Waals surface area (Å²) in [5.41, 5.74) is 0. The van der Waals surface area contributed by atoms with E-state index in [1.807, 2.05) is 0 Å². The molecule has 0 bridgehead atoms. The maximum absolute atomic E-state index is 6.49. The summed E-state index contributed by atoms with van der Waals surface area (Å²) in [5, 5.41) is 3.98. The lowest BCUT2D eigenvalue weighted by atomic mass is 9.86. The van der Waals surface area contributed by atoms with Crippen molar-refractivity contribution in [3.63, 3.8) is 0 Å². The molecule has 0 radical (unpaired) electrons. The van der Waals surface area contributed by atoms with Crippen LogP contribution in [0.1, 0.15) is 60.8 Å². The first kappa shape index (κ1) is 20.7. The van der Waals surface area contributed by atoms with Crippen LogP contribution in [-0.2, 0) is 4.43 Å². The molecule has 0 unspecified atom stereocenters. The normalized spacial score (nSPS) is 25.5. The molecule has 1 aliphatic heterocycles. The third-order valence-corrected chi connectivity index (χ3v) is 10.1. The summed E-state index contributed by atoms with van der Waals surface area (Å²) in [5.74, 6) is 8.63. The first-order valence-electron chi connectivity index (χ1n) is 9.46. The van der Waals surface area contributed by atoms with Gasteiger partial charge in [-0.3, -0.25) is 0 Å². The average molecular weight is 338 g/mol. The molecular weight excluding hydrogens is 298 g/mol. The zero-order chi connectivity index (χ0) is 17.7. The number of hydrogen-bond donors (Lipinski definition) is 1. The second-order valence-electron chi connectivity index (χ2n) is 8.96. The van der Waals surface area contributed by atoms with Gasteiger partial charge in [0.05, 0.1) is 0 Å². The minimum absolute atomic E-state index is 0.277. The topological polar surface area (TPSA) is 21.3 Å². The minimum Gasteiger partial charge on any atom is -0.416 e. The fourth-order valence-corrected chi connectivity index (χ4v) is 3.91. The van der Waals surface area contributed by atoms with E-state index in [0.29, 0.717) is 23.8 Å². The lowest BCUT2D eigenvalue weighted by molar-refractivity contribution is 0.214. The van der Waals surface area contributed by atoms with E-state index >= 15 is 0 Å². The molecule has 0 aromatic heterocycles. The van der Waals surface area contributed by atoms with Crippen molar-refractivity contribution in [3.8, 4) is 11.8 Å². The Hall–Kier alpha value is -0.303. The molecule has 1 heterocycles. The van der Waals surface area contributed by atoms with E-state index in [2.05, 4.69) is 71.8 Å². The highest BCUT2D eigenvalue weighted by Crippen LogP contribution is 2.37. The molecule has 134 valence electrons. The third kappa shape index (κ3) is 5.92. The van der Waals surface area contributed by atoms with E-state index in [-0.39, 0.29) is 5.04 Å². The first-order chi connectivity index (χ1) is 10.6. The van der Waals surface area contributed by atoms with Gasteiger partial charge < -0.3 is 9.74 Å². The van der Waals surface area contributed by atoms with Crippen LogP contribution in [0.25, 0.3) is 0 Å². The molecule has 1 rings (SSSR count). The number of hydrogen-bond acceptors (Lipinski definition) is 2. The number of unbranched alkanes of at least 4 members (excludes halogenated alkanes) is 2. The van der Waals surface area contributed by atoms with E-state index in [1.165, 1.54) is 12.8 Å². The van der Waals surface area contributed by atoms with E-state index in [4.69, 9.17) is 4.43 Å². The van der Waals surface area contributed by atoms with Crippen molar-refractivity contribution in [1.29, 1.82) is 0 Å². The smallest absolute Gasteiger partial charge is 0.191 e. The van der Waals surface area contributed by atoms with Gasteiger partial charge in [-0.1, -0.05) is 53.9 Å². The van der Waals surface area contributed by atoms with Gasteiger partial charge in [0, 0.05) is 37.5 Å². The van der Waals surface area contributed by atoms with Gasteiger partial charge in [-0.05, 0) is 30.5 Å². The Bertz CT molecular complexity index is 414. The van der Waals surface area contributed by atoms with Gasteiger partial charge in [-0.2, -0.15) is 0 Å². The third-order valence-electron chi connectivity index (χ3n) is 5.62. The van der Waals surface area contributed by atoms with Crippen LogP contribution < -0.4 is 5.32 Å². The monoisotopic (exact) mass is 337 g/mol. The Balaban J connectivity index is 2.73. The molecule has 2 nitrogen and oxygen atoms in total. The largest absolute Gasteiger partial charge is 0.416 e. The Kier molecular flexibility index (Phi) is 7.84. The fraction of sp³-hybridized carbons (Fsp3) is 0.900. The van der Waals surface area contributed by atoms with Crippen LogP contribution in [-0.4, -0.2) is 27.5 Å². The van der Waals surface area contributed by atoms with Crippen molar-refractivity contribution in [1.82, 2.24) is 5.32 Å². The maximum Gasteiger partial charge on any atom is 0.191 e. The first-order valence-corrected chi connectivity index (χ1v) is 12.4. The van der Waals surface area contributed by atoms with Gasteiger partial charge in [-0.15, -0.1) is 5.92 Å². The minimum atomic E-state index is -1.67. The van der Waals surface area contributed by atoms with E-state index < -0.39 is 8.32 Å². The van der Waals surface area contributed by atoms with Crippen molar-refractivity contribution in [2.45, 2.75) is 85.0 Å². The molecule has 3 heteroatoms. The van der Waals surface area contributed by atoms with Gasteiger partial charge in [0.1, 0.15) is 0 Å². The summed E-state index contributed by atoms with van der Waals surface area (Å²) < 4.78 is 6.49. The molecular formula is C20H39NOSi. The summed E-state index contributed by atoms with van der Waals surface area (Å²) in [6.07, 6.45) is 3.47. The van der Waals surface area contributed by atoms with E-state index in [1.54, 1.807) is 0 Å². The van der Waals surface area contributed by atoms with Crippen LogP contribution in [0, 0.1) is 29.6 Å². The highest BCUT2D eigenvalue weighted by atomic mass is 28.4. The van der Waals surface area contributed by atoms with Crippen LogP contribution >= 0.6 is 0 Å². The molecule has 0 aliphatic carbocycles. The van der Waals surface area contributed by atoms with Crippen LogP contribution in [0.5, 0.6) is 0 Å². The van der Waals surface area contributed by atoms with Crippen LogP contribution in [0.2, 0.25) is 18.1 Å². The van der Waals surface area contributed by atoms with Crippen LogP contribution in [0.4, 0.5) is 0 Å². The Morgan fingerprint density at radius 1 is 1.26 bits per heavy atom. The molecule has 0 aromatic carbocycles. The predicted molar refractivity (Wildman–Crippen MR) is 104 cm³/mol. The van der Waals surface area contributed by atoms with Crippen LogP contribution in [0.15, 0.2) is 0 Å². The van der Waals surface area contributed by atoms with Crippen LogP contribution in [0.3, 0.4) is 0 Å². The quantitative estimate of drug-likeness (QED) is 0.415. The molecule has 1 aliphatic rings. The summed E-state index contributed by atoms with van der Waals surface area (Å²) in [7, 11) is -1.67. The Labute approximate surface area is 146 Å². The summed E-state index contributed by atoms with van der Waals surface area (Å²) >= 11 is 0. The molecule has 23 heavy (non-hydrogen) atoms. The van der Waals surface area contributed by atoms with Gasteiger partial charge in [-0.25, -0.2) is 0 Å². The molecule has 1 fully saturated rings. The standard InChI is InChI=1S/C20H39NOSi/c1-9-10-11-12-13-18-17(14-21-19(18)16(2)3)15-22-23(7,8)20(4,5)6/h16-19,21H,9-11,14-15H2,1-8H3/t17-,18+,19-/m0/s1. The highest BCUT2D eigenvalue weighted by Gasteiger charge is 2.41. The maximum atomic E-state index is 6.49. The zero-order valence-corrected chi connectivity index (χ0v) is 17.8. The summed E-state index contributed by atoms with van der Waals surface area (Å²) in [6, 6.07) is 0.511. The molecule has 0 aromatic rings. The van der Waals surface area contributed by atoms with Crippen molar-refractivity contribution in [2.75, 3.05) is 13.2 Å².